The topological polar surface area (TPSA) is 29.3 Å². The maximum Gasteiger partial charge on any atom is 0.104 e. The Morgan fingerprint density at radius 2 is 1.84 bits per heavy atom. The van der Waals surface area contributed by atoms with Gasteiger partial charge in [-0.25, -0.2) is 0 Å². The fraction of sp³-hybridized carbons (Fsp3) is 0.188. The van der Waals surface area contributed by atoms with Crippen LogP contribution < -0.4 is 10.6 Å². The minimum atomic E-state index is 0.475. The number of hydrogen-bond acceptors (Lipinski definition) is 2. The Balaban J connectivity index is 1.90. The maximum atomic E-state index is 5.80. The van der Waals surface area contributed by atoms with E-state index in [2.05, 4.69) is 35.2 Å². The highest BCUT2D eigenvalue weighted by Crippen LogP contribution is 2.29. The molecule has 0 fully saturated rings. The molecule has 1 aliphatic heterocycles. The fourth-order valence-corrected chi connectivity index (χ4v) is 2.87. The molecule has 0 amide bonds. The normalized spacial score (nSPS) is 13.4. The third-order valence-corrected chi connectivity index (χ3v) is 3.85. The first-order valence-electron chi connectivity index (χ1n) is 6.46. The van der Waals surface area contributed by atoms with Gasteiger partial charge in [-0.1, -0.05) is 54.7 Å². The van der Waals surface area contributed by atoms with Crippen LogP contribution in [0.3, 0.4) is 0 Å². The number of anilines is 1. The van der Waals surface area contributed by atoms with Crippen molar-refractivity contribution < 1.29 is 0 Å². The molecule has 0 saturated heterocycles. The second-order valence-corrected chi connectivity index (χ2v) is 5.26. The van der Waals surface area contributed by atoms with Crippen LogP contribution in [0.2, 0.25) is 0 Å². The van der Waals surface area contributed by atoms with E-state index in [4.69, 9.17) is 18.0 Å². The van der Waals surface area contributed by atoms with Crippen molar-refractivity contribution in [3.05, 3.63) is 65.2 Å². The molecule has 0 saturated carbocycles. The van der Waals surface area contributed by atoms with Gasteiger partial charge in [-0.05, 0) is 23.6 Å². The number of fused-ring (bicyclic) bond motifs is 1. The summed E-state index contributed by atoms with van der Waals surface area (Å²) in [5.74, 6) is 0. The number of nitrogens with two attached hydrogens (primary N) is 1. The van der Waals surface area contributed by atoms with E-state index in [0.29, 0.717) is 4.99 Å². The molecular formula is C16H16N2S. The molecule has 2 nitrogen and oxygen atoms in total. The minimum Gasteiger partial charge on any atom is -0.389 e. The van der Waals surface area contributed by atoms with E-state index >= 15 is 0 Å². The van der Waals surface area contributed by atoms with E-state index in [1.54, 1.807) is 0 Å². The Kier molecular flexibility index (Phi) is 3.22. The zero-order valence-electron chi connectivity index (χ0n) is 10.7. The van der Waals surface area contributed by atoms with Gasteiger partial charge in [0.15, 0.2) is 0 Å². The Morgan fingerprint density at radius 1 is 1.11 bits per heavy atom. The Hall–Kier alpha value is -1.87. The summed E-state index contributed by atoms with van der Waals surface area (Å²) in [4.78, 5) is 2.87. The van der Waals surface area contributed by atoms with Crippen LogP contribution in [0.25, 0.3) is 0 Å². The predicted octanol–water partition coefficient (Wildman–Crippen LogP) is 2.88. The third-order valence-electron chi connectivity index (χ3n) is 3.63. The summed E-state index contributed by atoms with van der Waals surface area (Å²) in [5, 5.41) is 0. The van der Waals surface area contributed by atoms with Crippen LogP contribution >= 0.6 is 12.2 Å². The van der Waals surface area contributed by atoms with Crippen molar-refractivity contribution in [2.24, 2.45) is 5.73 Å². The first-order chi connectivity index (χ1) is 9.25. The SMILES string of the molecule is NC(=S)c1ccccc1CN1CCc2ccccc21. The van der Waals surface area contributed by atoms with E-state index in [9.17, 15) is 0 Å². The summed E-state index contributed by atoms with van der Waals surface area (Å²) in [6.07, 6.45) is 1.12. The summed E-state index contributed by atoms with van der Waals surface area (Å²) in [5.41, 5.74) is 10.7. The van der Waals surface area contributed by atoms with E-state index in [1.807, 2.05) is 18.2 Å². The molecule has 1 heterocycles. The van der Waals surface area contributed by atoms with Crippen molar-refractivity contribution in [1.29, 1.82) is 0 Å². The van der Waals surface area contributed by atoms with Gasteiger partial charge in [-0.15, -0.1) is 0 Å². The van der Waals surface area contributed by atoms with Crippen molar-refractivity contribution in [1.82, 2.24) is 0 Å². The van der Waals surface area contributed by atoms with E-state index in [1.165, 1.54) is 16.8 Å². The zero-order chi connectivity index (χ0) is 13.2. The van der Waals surface area contributed by atoms with Crippen LogP contribution in [-0.2, 0) is 13.0 Å². The van der Waals surface area contributed by atoms with Crippen molar-refractivity contribution in [2.75, 3.05) is 11.4 Å². The lowest BCUT2D eigenvalue weighted by atomic mass is 10.1. The number of benzene rings is 2. The van der Waals surface area contributed by atoms with Crippen molar-refractivity contribution >= 4 is 22.9 Å². The number of thiocarbonyl (C=S) groups is 1. The van der Waals surface area contributed by atoms with Crippen molar-refractivity contribution in [3.8, 4) is 0 Å². The molecule has 19 heavy (non-hydrogen) atoms. The van der Waals surface area contributed by atoms with Gasteiger partial charge < -0.3 is 10.6 Å². The van der Waals surface area contributed by atoms with Gasteiger partial charge >= 0.3 is 0 Å². The zero-order valence-corrected chi connectivity index (χ0v) is 11.5. The van der Waals surface area contributed by atoms with Crippen LogP contribution in [0.15, 0.2) is 48.5 Å². The Labute approximate surface area is 118 Å². The maximum absolute atomic E-state index is 5.80. The van der Waals surface area contributed by atoms with Gasteiger partial charge in [0, 0.05) is 24.3 Å². The predicted molar refractivity (Wildman–Crippen MR) is 83.5 cm³/mol. The second-order valence-electron chi connectivity index (χ2n) is 4.82. The number of rotatable bonds is 3. The van der Waals surface area contributed by atoms with Crippen molar-refractivity contribution in [3.63, 3.8) is 0 Å². The molecule has 0 atom stereocenters. The smallest absolute Gasteiger partial charge is 0.104 e. The highest BCUT2D eigenvalue weighted by molar-refractivity contribution is 7.80. The van der Waals surface area contributed by atoms with E-state index < -0.39 is 0 Å². The molecule has 0 aliphatic carbocycles. The molecule has 2 aromatic rings. The Morgan fingerprint density at radius 3 is 2.68 bits per heavy atom. The highest BCUT2D eigenvalue weighted by Gasteiger charge is 2.19. The monoisotopic (exact) mass is 268 g/mol. The van der Waals surface area contributed by atoms with Gasteiger partial charge in [-0.2, -0.15) is 0 Å². The standard InChI is InChI=1S/C16H16N2S/c17-16(19)14-7-3-1-6-13(14)11-18-10-9-12-5-2-4-8-15(12)18/h1-8H,9-11H2,(H2,17,19). The molecule has 3 rings (SSSR count). The van der Waals surface area contributed by atoms with Gasteiger partial charge in [0.2, 0.25) is 0 Å². The number of hydrogen-bond donors (Lipinski definition) is 1. The summed E-state index contributed by atoms with van der Waals surface area (Å²) in [6.45, 7) is 1.93. The first kappa shape index (κ1) is 12.2. The Bertz CT molecular complexity index is 622. The lowest BCUT2D eigenvalue weighted by Gasteiger charge is -2.21. The van der Waals surface area contributed by atoms with Crippen LogP contribution in [-0.4, -0.2) is 11.5 Å². The van der Waals surface area contributed by atoms with E-state index in [-0.39, 0.29) is 0 Å². The second kappa shape index (κ2) is 5.02. The van der Waals surface area contributed by atoms with Crippen molar-refractivity contribution in [2.45, 2.75) is 13.0 Å². The van der Waals surface area contributed by atoms with Crippen LogP contribution in [0.4, 0.5) is 5.69 Å². The lowest BCUT2D eigenvalue weighted by molar-refractivity contribution is 0.835. The molecule has 0 spiro atoms. The number of para-hydroxylation sites is 1. The molecule has 0 unspecified atom stereocenters. The molecule has 3 heteroatoms. The molecule has 0 aromatic heterocycles. The van der Waals surface area contributed by atoms with E-state index in [0.717, 1.165) is 25.1 Å². The first-order valence-corrected chi connectivity index (χ1v) is 6.87. The van der Waals surface area contributed by atoms with Gasteiger partial charge in [-0.3, -0.25) is 0 Å². The van der Waals surface area contributed by atoms with Gasteiger partial charge in [0.25, 0.3) is 0 Å². The quantitative estimate of drug-likeness (QED) is 0.868. The highest BCUT2D eigenvalue weighted by atomic mass is 32.1. The molecule has 0 radical (unpaired) electrons. The van der Waals surface area contributed by atoms with Crippen LogP contribution in [0, 0.1) is 0 Å². The van der Waals surface area contributed by atoms with Gasteiger partial charge in [0.1, 0.15) is 4.99 Å². The minimum absolute atomic E-state index is 0.475. The third kappa shape index (κ3) is 2.34. The molecule has 96 valence electrons. The number of nitrogens with zero attached hydrogens (tertiary/aromatic N) is 1. The molecule has 0 bridgehead atoms. The summed E-state index contributed by atoms with van der Waals surface area (Å²) >= 11 is 5.13. The summed E-state index contributed by atoms with van der Waals surface area (Å²) in [6, 6.07) is 16.7. The average molecular weight is 268 g/mol. The van der Waals surface area contributed by atoms with Gasteiger partial charge in [0.05, 0.1) is 0 Å². The average Bonchev–Trinajstić information content (AvgIpc) is 2.83. The van der Waals surface area contributed by atoms with Crippen LogP contribution in [0.1, 0.15) is 16.7 Å². The van der Waals surface area contributed by atoms with Crippen LogP contribution in [0.5, 0.6) is 0 Å². The molecule has 2 N–H and O–H groups in total. The molecule has 2 aromatic carbocycles. The molecule has 1 aliphatic rings. The largest absolute Gasteiger partial charge is 0.389 e. The summed E-state index contributed by atoms with van der Waals surface area (Å²) in [7, 11) is 0. The summed E-state index contributed by atoms with van der Waals surface area (Å²) < 4.78 is 0. The lowest BCUT2D eigenvalue weighted by Crippen LogP contribution is -2.22. The molecular weight excluding hydrogens is 252 g/mol. The fourth-order valence-electron chi connectivity index (χ4n) is 2.68.